The fourth-order valence-corrected chi connectivity index (χ4v) is 1.94. The first kappa shape index (κ1) is 13.8. The van der Waals surface area contributed by atoms with Crippen molar-refractivity contribution in [3.8, 4) is 5.75 Å². The molecule has 0 saturated carbocycles. The largest absolute Gasteiger partial charge is 0.491 e. The molecule has 1 nitrogen and oxygen atoms in total. The molecule has 1 aromatic carbocycles. The van der Waals surface area contributed by atoms with Gasteiger partial charge in [0.25, 0.3) is 0 Å². The van der Waals surface area contributed by atoms with Crippen LogP contribution in [0.4, 0.5) is 0 Å². The molecule has 0 spiro atoms. The van der Waals surface area contributed by atoms with Crippen LogP contribution in [0.15, 0.2) is 24.8 Å². The first-order valence-corrected chi connectivity index (χ1v) is 6.56. The molecule has 94 valence electrons. The lowest BCUT2D eigenvalue weighted by molar-refractivity contribution is 0.206. The summed E-state index contributed by atoms with van der Waals surface area (Å²) in [6, 6.07) is 6.25. The maximum atomic E-state index is 5.94. The zero-order valence-corrected chi connectivity index (χ0v) is 11.3. The highest BCUT2D eigenvalue weighted by molar-refractivity contribution is 5.51. The van der Waals surface area contributed by atoms with Gasteiger partial charge in [0.1, 0.15) is 5.75 Å². The lowest BCUT2D eigenvalue weighted by Gasteiger charge is -2.15. The summed E-state index contributed by atoms with van der Waals surface area (Å²) in [4.78, 5) is 0. The smallest absolute Gasteiger partial charge is 0.120 e. The molecule has 0 N–H and O–H groups in total. The highest BCUT2D eigenvalue weighted by Crippen LogP contribution is 2.20. The van der Waals surface area contributed by atoms with Crippen molar-refractivity contribution in [2.75, 3.05) is 0 Å². The molecule has 0 radical (unpaired) electrons. The van der Waals surface area contributed by atoms with Crippen LogP contribution in [-0.2, 0) is 0 Å². The van der Waals surface area contributed by atoms with Crippen molar-refractivity contribution < 1.29 is 4.74 Å². The minimum absolute atomic E-state index is 0.293. The van der Waals surface area contributed by atoms with Crippen LogP contribution in [0.25, 0.3) is 6.08 Å². The van der Waals surface area contributed by atoms with Gasteiger partial charge >= 0.3 is 0 Å². The van der Waals surface area contributed by atoms with E-state index in [1.165, 1.54) is 24.8 Å². The lowest BCUT2D eigenvalue weighted by Crippen LogP contribution is -2.11. The predicted molar refractivity (Wildman–Crippen MR) is 75.5 cm³/mol. The Morgan fingerprint density at radius 3 is 2.71 bits per heavy atom. The maximum absolute atomic E-state index is 5.94. The fourth-order valence-electron chi connectivity index (χ4n) is 1.94. The van der Waals surface area contributed by atoms with Crippen LogP contribution < -0.4 is 4.74 Å². The Bertz CT molecular complexity index is 355. The third-order valence-electron chi connectivity index (χ3n) is 2.86. The Kier molecular flexibility index (Phi) is 5.82. The summed E-state index contributed by atoms with van der Waals surface area (Å²) in [6.07, 6.45) is 7.09. The van der Waals surface area contributed by atoms with Crippen molar-refractivity contribution in [2.45, 2.75) is 52.6 Å². The monoisotopic (exact) mass is 232 g/mol. The van der Waals surface area contributed by atoms with Gasteiger partial charge in [0.05, 0.1) is 6.10 Å². The van der Waals surface area contributed by atoms with Gasteiger partial charge in [-0.2, -0.15) is 0 Å². The van der Waals surface area contributed by atoms with Crippen LogP contribution in [0, 0.1) is 6.92 Å². The van der Waals surface area contributed by atoms with Crippen molar-refractivity contribution in [2.24, 2.45) is 0 Å². The predicted octanol–water partition coefficient (Wildman–Crippen LogP) is 4.99. The average molecular weight is 232 g/mol. The second-order valence-electron chi connectivity index (χ2n) is 4.71. The SMILES string of the molecule is C=Cc1cc(C)cc(OC(C)CCCCC)c1. The Hall–Kier alpha value is -1.24. The van der Waals surface area contributed by atoms with E-state index in [1.807, 2.05) is 6.08 Å². The minimum atomic E-state index is 0.293. The number of hydrogen-bond donors (Lipinski definition) is 0. The molecule has 0 amide bonds. The van der Waals surface area contributed by atoms with Crippen LogP contribution in [0.1, 0.15) is 50.7 Å². The highest BCUT2D eigenvalue weighted by Gasteiger charge is 2.04. The maximum Gasteiger partial charge on any atom is 0.120 e. The van der Waals surface area contributed by atoms with Crippen molar-refractivity contribution in [3.05, 3.63) is 35.9 Å². The molecule has 1 unspecified atom stereocenters. The molecule has 0 bridgehead atoms. The number of benzene rings is 1. The summed E-state index contributed by atoms with van der Waals surface area (Å²) >= 11 is 0. The third-order valence-corrected chi connectivity index (χ3v) is 2.86. The Morgan fingerprint density at radius 2 is 2.06 bits per heavy atom. The van der Waals surface area contributed by atoms with Crippen LogP contribution in [0.5, 0.6) is 5.75 Å². The first-order chi connectivity index (χ1) is 8.15. The van der Waals surface area contributed by atoms with Gasteiger partial charge < -0.3 is 4.74 Å². The van der Waals surface area contributed by atoms with E-state index in [0.29, 0.717) is 6.10 Å². The van der Waals surface area contributed by atoms with E-state index in [0.717, 1.165) is 17.7 Å². The quantitative estimate of drug-likeness (QED) is 0.602. The molecule has 0 aliphatic carbocycles. The molecule has 1 heteroatoms. The van der Waals surface area contributed by atoms with E-state index < -0.39 is 0 Å². The summed E-state index contributed by atoms with van der Waals surface area (Å²) in [6.45, 7) is 10.3. The fraction of sp³-hybridized carbons (Fsp3) is 0.500. The highest BCUT2D eigenvalue weighted by atomic mass is 16.5. The van der Waals surface area contributed by atoms with E-state index in [2.05, 4.69) is 45.5 Å². The van der Waals surface area contributed by atoms with Gasteiger partial charge in [0.2, 0.25) is 0 Å². The van der Waals surface area contributed by atoms with Crippen molar-refractivity contribution in [3.63, 3.8) is 0 Å². The summed E-state index contributed by atoms with van der Waals surface area (Å²) in [5.41, 5.74) is 2.35. The molecule has 1 atom stereocenters. The summed E-state index contributed by atoms with van der Waals surface area (Å²) in [5.74, 6) is 0.962. The Labute approximate surface area is 106 Å². The number of aryl methyl sites for hydroxylation is 1. The van der Waals surface area contributed by atoms with Crippen molar-refractivity contribution in [1.29, 1.82) is 0 Å². The number of rotatable bonds is 7. The second-order valence-corrected chi connectivity index (χ2v) is 4.71. The summed E-state index contributed by atoms with van der Waals surface area (Å²) < 4.78 is 5.94. The van der Waals surface area contributed by atoms with E-state index in [9.17, 15) is 0 Å². The van der Waals surface area contributed by atoms with E-state index in [-0.39, 0.29) is 0 Å². The van der Waals surface area contributed by atoms with Gasteiger partial charge in [-0.1, -0.05) is 38.5 Å². The molecule has 0 aromatic heterocycles. The first-order valence-electron chi connectivity index (χ1n) is 6.56. The molecule has 0 aliphatic rings. The van der Waals surface area contributed by atoms with E-state index in [4.69, 9.17) is 4.74 Å². The molecular formula is C16H24O. The molecule has 0 saturated heterocycles. The number of hydrogen-bond acceptors (Lipinski definition) is 1. The third kappa shape index (κ3) is 5.08. The van der Waals surface area contributed by atoms with Crippen LogP contribution in [0.2, 0.25) is 0 Å². The zero-order valence-electron chi connectivity index (χ0n) is 11.3. The number of unbranched alkanes of at least 4 members (excludes halogenated alkanes) is 2. The molecule has 1 aromatic rings. The van der Waals surface area contributed by atoms with Gasteiger partial charge in [-0.3, -0.25) is 0 Å². The molecule has 0 aliphatic heterocycles. The molecule has 1 rings (SSSR count). The van der Waals surface area contributed by atoms with Crippen molar-refractivity contribution in [1.82, 2.24) is 0 Å². The Balaban J connectivity index is 2.55. The normalized spacial score (nSPS) is 12.2. The minimum Gasteiger partial charge on any atom is -0.491 e. The summed E-state index contributed by atoms with van der Waals surface area (Å²) in [5, 5.41) is 0. The van der Waals surface area contributed by atoms with Gasteiger partial charge in [-0.25, -0.2) is 0 Å². The van der Waals surface area contributed by atoms with E-state index >= 15 is 0 Å². The van der Waals surface area contributed by atoms with Gasteiger partial charge in [0, 0.05) is 0 Å². The second kappa shape index (κ2) is 7.16. The summed E-state index contributed by atoms with van der Waals surface area (Å²) in [7, 11) is 0. The molecule has 0 heterocycles. The number of ether oxygens (including phenoxy) is 1. The lowest BCUT2D eigenvalue weighted by atomic mass is 10.1. The van der Waals surface area contributed by atoms with Crippen LogP contribution in [-0.4, -0.2) is 6.10 Å². The topological polar surface area (TPSA) is 9.23 Å². The van der Waals surface area contributed by atoms with Crippen LogP contribution in [0.3, 0.4) is 0 Å². The molecular weight excluding hydrogens is 208 g/mol. The standard InChI is InChI=1S/C16H24O/c1-5-7-8-9-14(4)17-16-11-13(3)10-15(6-2)12-16/h6,10-12,14H,2,5,7-9H2,1,3-4H3. The van der Waals surface area contributed by atoms with Gasteiger partial charge in [-0.05, 0) is 49.9 Å². The molecule has 0 fully saturated rings. The van der Waals surface area contributed by atoms with Crippen molar-refractivity contribution >= 4 is 6.08 Å². The Morgan fingerprint density at radius 1 is 1.29 bits per heavy atom. The van der Waals surface area contributed by atoms with Gasteiger partial charge in [-0.15, -0.1) is 0 Å². The van der Waals surface area contributed by atoms with E-state index in [1.54, 1.807) is 0 Å². The average Bonchev–Trinajstić information content (AvgIpc) is 2.28. The van der Waals surface area contributed by atoms with Crippen LogP contribution >= 0.6 is 0 Å². The zero-order chi connectivity index (χ0) is 12.7. The van der Waals surface area contributed by atoms with Gasteiger partial charge in [0.15, 0.2) is 0 Å². The molecule has 17 heavy (non-hydrogen) atoms.